The van der Waals surface area contributed by atoms with Crippen molar-refractivity contribution in [3.63, 3.8) is 0 Å². The molecule has 2 amide bonds. The summed E-state index contributed by atoms with van der Waals surface area (Å²) in [5.41, 5.74) is 2.04. The van der Waals surface area contributed by atoms with E-state index in [1.165, 1.54) is 12.6 Å². The molecule has 3 aromatic rings. The molecule has 38 heavy (non-hydrogen) atoms. The van der Waals surface area contributed by atoms with Crippen molar-refractivity contribution in [2.45, 2.75) is 77.3 Å². The molecule has 4 N–H and O–H groups in total. The van der Waals surface area contributed by atoms with E-state index in [2.05, 4.69) is 25.8 Å². The van der Waals surface area contributed by atoms with Crippen LogP contribution < -0.4 is 10.6 Å². The van der Waals surface area contributed by atoms with Crippen LogP contribution in [0, 0.1) is 5.92 Å². The smallest absolute Gasteiger partial charge is 0.326 e. The monoisotopic (exact) mass is 521 g/mol. The van der Waals surface area contributed by atoms with E-state index in [-0.39, 0.29) is 23.4 Å². The molecule has 1 fully saturated rings. The number of nitrogens with one attached hydrogen (secondary N) is 3. The van der Waals surface area contributed by atoms with Crippen LogP contribution in [0.3, 0.4) is 0 Å². The van der Waals surface area contributed by atoms with Crippen LogP contribution >= 0.6 is 0 Å². The zero-order valence-corrected chi connectivity index (χ0v) is 21.8. The third-order valence-electron chi connectivity index (χ3n) is 7.18. The van der Waals surface area contributed by atoms with Crippen LogP contribution in [-0.4, -0.2) is 50.2 Å². The SMILES string of the molecule is CCC(CC)NC(=O)c1cnc(-c2cccc(-c3cc(C(=O)NC(CC4CCCCC4)C(=O)O)[nH]n3)c2)o1. The third-order valence-corrected chi connectivity index (χ3v) is 7.18. The summed E-state index contributed by atoms with van der Waals surface area (Å²) in [5, 5.41) is 22.2. The number of carbonyl (C=O) groups is 3. The molecule has 1 saturated carbocycles. The lowest BCUT2D eigenvalue weighted by molar-refractivity contribution is -0.139. The number of aromatic amines is 1. The summed E-state index contributed by atoms with van der Waals surface area (Å²) in [7, 11) is 0. The number of benzene rings is 1. The topological polar surface area (TPSA) is 150 Å². The van der Waals surface area contributed by atoms with Gasteiger partial charge in [0, 0.05) is 17.2 Å². The van der Waals surface area contributed by atoms with Gasteiger partial charge in [0.2, 0.25) is 11.7 Å². The van der Waals surface area contributed by atoms with Crippen LogP contribution in [0.25, 0.3) is 22.7 Å². The third kappa shape index (κ3) is 6.67. The number of oxazole rings is 1. The van der Waals surface area contributed by atoms with Crippen molar-refractivity contribution >= 4 is 17.8 Å². The first kappa shape index (κ1) is 27.1. The van der Waals surface area contributed by atoms with E-state index in [0.29, 0.717) is 35.1 Å². The van der Waals surface area contributed by atoms with E-state index in [1.807, 2.05) is 19.9 Å². The molecule has 2 aromatic heterocycles. The highest BCUT2D eigenvalue weighted by Gasteiger charge is 2.26. The Morgan fingerprint density at radius 1 is 1.05 bits per heavy atom. The number of carboxylic acids is 1. The summed E-state index contributed by atoms with van der Waals surface area (Å²) < 4.78 is 5.71. The number of carbonyl (C=O) groups excluding carboxylic acids is 2. The van der Waals surface area contributed by atoms with Gasteiger partial charge in [-0.05, 0) is 43.4 Å². The van der Waals surface area contributed by atoms with Gasteiger partial charge in [0.15, 0.2) is 0 Å². The van der Waals surface area contributed by atoms with Gasteiger partial charge < -0.3 is 20.2 Å². The molecule has 10 heteroatoms. The van der Waals surface area contributed by atoms with Crippen molar-refractivity contribution in [2.75, 3.05) is 0 Å². The van der Waals surface area contributed by atoms with Crippen molar-refractivity contribution in [2.24, 2.45) is 5.92 Å². The average molecular weight is 522 g/mol. The summed E-state index contributed by atoms with van der Waals surface area (Å²) in [5.74, 6) is -1.11. The first-order valence-corrected chi connectivity index (χ1v) is 13.3. The van der Waals surface area contributed by atoms with Crippen LogP contribution in [-0.2, 0) is 4.79 Å². The van der Waals surface area contributed by atoms with Crippen molar-refractivity contribution in [3.8, 4) is 22.7 Å². The van der Waals surface area contributed by atoms with E-state index in [4.69, 9.17) is 4.42 Å². The van der Waals surface area contributed by atoms with Gasteiger partial charge in [0.1, 0.15) is 11.7 Å². The Balaban J connectivity index is 1.44. The first-order valence-electron chi connectivity index (χ1n) is 13.3. The second-order valence-corrected chi connectivity index (χ2v) is 9.87. The molecular weight excluding hydrogens is 486 g/mol. The summed E-state index contributed by atoms with van der Waals surface area (Å²) in [6, 6.07) is 7.95. The van der Waals surface area contributed by atoms with Crippen molar-refractivity contribution in [1.29, 1.82) is 0 Å². The van der Waals surface area contributed by atoms with Gasteiger partial charge in [0.25, 0.3) is 11.8 Å². The number of nitrogens with zero attached hydrogens (tertiary/aromatic N) is 2. The molecule has 1 atom stereocenters. The van der Waals surface area contributed by atoms with Crippen molar-refractivity contribution < 1.29 is 23.9 Å². The number of aromatic nitrogens is 3. The normalized spacial score (nSPS) is 14.8. The molecule has 1 unspecified atom stereocenters. The van der Waals surface area contributed by atoms with Gasteiger partial charge in [-0.25, -0.2) is 9.78 Å². The molecule has 202 valence electrons. The summed E-state index contributed by atoms with van der Waals surface area (Å²) in [6.45, 7) is 4.02. The Morgan fingerprint density at radius 2 is 1.79 bits per heavy atom. The number of carboxylic acid groups (broad SMARTS) is 1. The Kier molecular flexibility index (Phi) is 8.93. The van der Waals surface area contributed by atoms with Crippen LogP contribution in [0.5, 0.6) is 0 Å². The summed E-state index contributed by atoms with van der Waals surface area (Å²) in [6.07, 6.45) is 8.88. The van der Waals surface area contributed by atoms with Gasteiger partial charge in [-0.2, -0.15) is 5.10 Å². The fourth-order valence-corrected chi connectivity index (χ4v) is 4.87. The lowest BCUT2D eigenvalue weighted by Crippen LogP contribution is -2.42. The quantitative estimate of drug-likeness (QED) is 0.283. The Bertz CT molecular complexity index is 1260. The number of hydrogen-bond acceptors (Lipinski definition) is 6. The molecule has 0 bridgehead atoms. The van der Waals surface area contributed by atoms with Crippen LogP contribution in [0.2, 0.25) is 0 Å². The molecule has 0 radical (unpaired) electrons. The minimum Gasteiger partial charge on any atom is -0.480 e. The Hall–Kier alpha value is -3.95. The van der Waals surface area contributed by atoms with Crippen LogP contribution in [0.4, 0.5) is 0 Å². The van der Waals surface area contributed by atoms with E-state index in [1.54, 1.807) is 24.3 Å². The van der Waals surface area contributed by atoms with Gasteiger partial charge in [-0.3, -0.25) is 14.7 Å². The van der Waals surface area contributed by atoms with Gasteiger partial charge in [-0.1, -0.05) is 58.1 Å². The lowest BCUT2D eigenvalue weighted by atomic mass is 9.85. The van der Waals surface area contributed by atoms with E-state index >= 15 is 0 Å². The molecule has 2 heterocycles. The van der Waals surface area contributed by atoms with Crippen LogP contribution in [0.1, 0.15) is 86.3 Å². The Labute approximate surface area is 221 Å². The lowest BCUT2D eigenvalue weighted by Gasteiger charge is -2.24. The molecule has 0 aliphatic heterocycles. The molecule has 1 aromatic carbocycles. The Morgan fingerprint density at radius 3 is 2.50 bits per heavy atom. The van der Waals surface area contributed by atoms with E-state index in [0.717, 1.165) is 38.5 Å². The maximum Gasteiger partial charge on any atom is 0.326 e. The minimum atomic E-state index is -1.03. The average Bonchev–Trinajstić information content (AvgIpc) is 3.63. The largest absolute Gasteiger partial charge is 0.480 e. The highest BCUT2D eigenvalue weighted by molar-refractivity contribution is 5.96. The van der Waals surface area contributed by atoms with Crippen molar-refractivity contribution in [1.82, 2.24) is 25.8 Å². The standard InChI is InChI=1S/C28H35N5O5/c1-3-20(4-2)30-26(35)24-16-29-27(38-24)19-12-8-11-18(14-19)21-15-22(33-32-21)25(34)31-23(28(36)37)13-17-9-6-5-7-10-17/h8,11-12,14-17,20,23H,3-7,9-10,13H2,1-2H3,(H,30,35)(H,31,34)(H,32,33)(H,36,37). The number of rotatable bonds is 11. The number of H-pyrrole nitrogens is 1. The fourth-order valence-electron chi connectivity index (χ4n) is 4.87. The van der Waals surface area contributed by atoms with Crippen LogP contribution in [0.15, 0.2) is 40.9 Å². The fraction of sp³-hybridized carbons (Fsp3) is 0.464. The van der Waals surface area contributed by atoms with Crippen molar-refractivity contribution in [3.05, 3.63) is 48.0 Å². The second kappa shape index (κ2) is 12.5. The second-order valence-electron chi connectivity index (χ2n) is 9.87. The van der Waals surface area contributed by atoms with Gasteiger partial charge in [-0.15, -0.1) is 0 Å². The molecule has 10 nitrogen and oxygen atoms in total. The van der Waals surface area contributed by atoms with Gasteiger partial charge >= 0.3 is 5.97 Å². The van der Waals surface area contributed by atoms with E-state index in [9.17, 15) is 19.5 Å². The minimum absolute atomic E-state index is 0.0727. The van der Waals surface area contributed by atoms with Gasteiger partial charge in [0.05, 0.1) is 11.9 Å². The zero-order chi connectivity index (χ0) is 27.1. The molecule has 1 aliphatic carbocycles. The molecular formula is C28H35N5O5. The maximum absolute atomic E-state index is 12.8. The summed E-state index contributed by atoms with van der Waals surface area (Å²) >= 11 is 0. The van der Waals surface area contributed by atoms with E-state index < -0.39 is 17.9 Å². The highest BCUT2D eigenvalue weighted by atomic mass is 16.4. The molecule has 0 saturated heterocycles. The number of hydrogen-bond donors (Lipinski definition) is 4. The maximum atomic E-state index is 12.8. The highest BCUT2D eigenvalue weighted by Crippen LogP contribution is 2.28. The number of amides is 2. The summed E-state index contributed by atoms with van der Waals surface area (Å²) in [4.78, 5) is 41.3. The first-order chi connectivity index (χ1) is 18.4. The predicted octanol–water partition coefficient (Wildman–Crippen LogP) is 4.80. The molecule has 1 aliphatic rings. The molecule has 0 spiro atoms. The predicted molar refractivity (Wildman–Crippen MR) is 141 cm³/mol. The molecule has 4 rings (SSSR count). The zero-order valence-electron chi connectivity index (χ0n) is 21.8. The number of aliphatic carboxylic acids is 1.